The third-order valence-corrected chi connectivity index (χ3v) is 34.7. The Kier molecular flexibility index (Phi) is 24.0. The summed E-state index contributed by atoms with van der Waals surface area (Å²) in [6.45, 7) is 41.4. The van der Waals surface area contributed by atoms with Gasteiger partial charge in [-0.1, -0.05) is 170 Å². The molecule has 1 aliphatic carbocycles. The summed E-state index contributed by atoms with van der Waals surface area (Å²) in [5.41, 5.74) is 2.18. The van der Waals surface area contributed by atoms with Crippen molar-refractivity contribution in [2.24, 2.45) is 11.3 Å². The average molecular weight is 1310 g/mol. The summed E-state index contributed by atoms with van der Waals surface area (Å²) in [5, 5.41) is 7.88. The fraction of sp³-hybridized carbons (Fsp3) is 0.677. The van der Waals surface area contributed by atoms with E-state index in [2.05, 4.69) is 132 Å². The van der Waals surface area contributed by atoms with E-state index in [1.807, 2.05) is 4.90 Å². The Morgan fingerprint density at radius 2 is 1.42 bits per heavy atom. The first kappa shape index (κ1) is 72.2. The van der Waals surface area contributed by atoms with Crippen LogP contribution < -0.4 is 30.0 Å². The molecule has 86 heavy (non-hydrogen) atoms. The van der Waals surface area contributed by atoms with Gasteiger partial charge in [-0.25, -0.2) is 19.3 Å². The van der Waals surface area contributed by atoms with Gasteiger partial charge in [0.05, 0.1) is 24.4 Å². The Bertz CT molecular complexity index is 2720. The van der Waals surface area contributed by atoms with Gasteiger partial charge >= 0.3 is 18.3 Å². The van der Waals surface area contributed by atoms with Gasteiger partial charge in [0, 0.05) is 24.8 Å². The Balaban J connectivity index is 1.47. The number of ether oxygens (including phenoxy) is 4. The van der Waals surface area contributed by atoms with E-state index in [9.17, 15) is 19.2 Å². The number of halogens is 3. The lowest BCUT2D eigenvalue weighted by Crippen LogP contribution is -2.58. The van der Waals surface area contributed by atoms with E-state index in [1.54, 1.807) is 66.8 Å². The van der Waals surface area contributed by atoms with Crippen molar-refractivity contribution in [3.63, 3.8) is 0 Å². The van der Waals surface area contributed by atoms with Crippen LogP contribution in [0.3, 0.4) is 0 Å². The lowest BCUT2D eigenvalue weighted by Gasteiger charge is -2.45. The molecule has 0 bridgehead atoms. The minimum absolute atomic E-state index is 0.0520. The maximum absolute atomic E-state index is 15.4. The lowest BCUT2D eigenvalue weighted by molar-refractivity contribution is -0.128. The molecular weight excluding hydrogens is 1210 g/mol. The maximum Gasteiger partial charge on any atom is 0.416 e. The number of hydrogen-bond acceptors (Lipinski definition) is 12. The molecule has 2 aromatic carbocycles. The SMILES string of the molecule is C=CCOC(=O)N[C@H](C(=O)N[C@@H](CCCCN(C(=O)OCC(Cl)(Cl)Cl)[Si](C)(C)C(C)(C)C)C(=O)Nc1ccc(COC(=O)N2c3cc(O[Si](C(C)C)(C(C)C)C(C)C)c(OC)cc3C(=O)N3CC4(CC4)C[C@H]3C2O[Si](C)(C)C(C)(C)C)cc1)C(C)C. The number of carbonyl (C=O) groups excluding carboxylic acids is 6. The Morgan fingerprint density at radius 3 is 1.93 bits per heavy atom. The van der Waals surface area contributed by atoms with Crippen molar-refractivity contribution in [1.82, 2.24) is 20.1 Å². The molecule has 4 atom stereocenters. The first-order valence-electron chi connectivity index (χ1n) is 30.3. The van der Waals surface area contributed by atoms with Gasteiger partial charge in [-0.05, 0) is 113 Å². The van der Waals surface area contributed by atoms with Gasteiger partial charge < -0.3 is 53.2 Å². The number of alkyl carbamates (subject to hydrolysis) is 1. The number of alkyl halides is 3. The molecule has 1 saturated carbocycles. The molecule has 18 nitrogen and oxygen atoms in total. The van der Waals surface area contributed by atoms with Crippen LogP contribution in [0.2, 0.25) is 52.9 Å². The van der Waals surface area contributed by atoms with E-state index in [4.69, 9.17) is 62.6 Å². The molecule has 24 heteroatoms. The highest BCUT2D eigenvalue weighted by Gasteiger charge is 2.60. The highest BCUT2D eigenvalue weighted by molar-refractivity contribution is 6.79. The van der Waals surface area contributed by atoms with Crippen molar-refractivity contribution in [3.05, 3.63) is 60.2 Å². The van der Waals surface area contributed by atoms with Crippen LogP contribution in [0.25, 0.3) is 0 Å². The molecule has 2 aromatic rings. The topological polar surface area (TPSA) is 204 Å². The number of nitrogens with zero attached hydrogens (tertiary/aromatic N) is 3. The smallest absolute Gasteiger partial charge is 0.416 e. The highest BCUT2D eigenvalue weighted by atomic mass is 35.6. The van der Waals surface area contributed by atoms with E-state index in [0.29, 0.717) is 59.8 Å². The molecule has 5 rings (SSSR count). The Labute approximate surface area is 530 Å². The quantitative estimate of drug-likeness (QED) is 0.0279. The van der Waals surface area contributed by atoms with Gasteiger partial charge in [0.25, 0.3) is 14.2 Å². The lowest BCUT2D eigenvalue weighted by atomic mass is 10.0. The van der Waals surface area contributed by atoms with Crippen molar-refractivity contribution in [2.45, 2.75) is 223 Å². The summed E-state index contributed by atoms with van der Waals surface area (Å²) < 4.78 is 37.6. The molecule has 3 N–H and O–H groups in total. The number of anilines is 2. The Hall–Kier alpha value is -4.52. The molecule has 1 unspecified atom stereocenters. The zero-order valence-electron chi connectivity index (χ0n) is 54.5. The predicted molar refractivity (Wildman–Crippen MR) is 350 cm³/mol. The molecule has 0 radical (unpaired) electrons. The van der Waals surface area contributed by atoms with Gasteiger partial charge in [0.1, 0.15) is 37.7 Å². The van der Waals surface area contributed by atoms with E-state index < -0.39 is 95.6 Å². The largest absolute Gasteiger partial charge is 0.540 e. The van der Waals surface area contributed by atoms with Crippen LogP contribution in [0.1, 0.15) is 151 Å². The first-order valence-corrected chi connectivity index (χ1v) is 39.4. The normalized spacial score (nSPS) is 17.8. The zero-order chi connectivity index (χ0) is 64.9. The molecule has 1 saturated heterocycles. The molecular formula is C62H99Cl3N6O12Si3. The summed E-state index contributed by atoms with van der Waals surface area (Å²) in [6, 6.07) is 7.69. The standard InChI is InChI=1S/C62H99Cl3N6O12Si3/c1-21-32-79-56(75)68-51(39(2)3)53(73)67-46(24-22-23-31-70(84(17,18)59(10,11)12)57(76)81-38-62(63,64)65)52(72)66-44-27-25-43(26-28-44)36-80-58(77)71-47-34-50(82-86(40(4)5,41(6)7)42(8)9)49(78-16)33-45(47)54(74)69-37-61(29-30-61)35-48(69)55(71)83-85(19,20)60(13,14)15/h21,25-28,33-34,39-42,46,48,51,55H,1,22-24,29-32,35-38H2,2-20H3,(H,66,72)(H,67,73)(H,68,75)/t46-,48-,51-,55?/m0/s1. The summed E-state index contributed by atoms with van der Waals surface area (Å²) >= 11 is 17.8. The van der Waals surface area contributed by atoms with Gasteiger partial charge in [-0.3, -0.25) is 14.4 Å². The van der Waals surface area contributed by atoms with Gasteiger partial charge in [-0.15, -0.1) is 0 Å². The monoisotopic (exact) mass is 1310 g/mol. The fourth-order valence-corrected chi connectivity index (χ4v) is 20.1. The molecule has 482 valence electrons. The second-order valence-electron chi connectivity index (χ2n) is 28.0. The second-order valence-corrected chi connectivity index (χ2v) is 45.8. The van der Waals surface area contributed by atoms with Crippen LogP contribution in [-0.2, 0) is 34.8 Å². The van der Waals surface area contributed by atoms with Crippen molar-refractivity contribution in [2.75, 3.05) is 43.6 Å². The highest BCUT2D eigenvalue weighted by Crippen LogP contribution is 2.58. The average Bonchev–Trinajstić information content (AvgIpc) is 1.55. The number of fused-ring (bicyclic) bond motifs is 2. The van der Waals surface area contributed by atoms with Gasteiger partial charge in [-0.2, -0.15) is 0 Å². The van der Waals surface area contributed by atoms with Crippen LogP contribution in [0.15, 0.2) is 49.1 Å². The maximum atomic E-state index is 15.4. The second kappa shape index (κ2) is 28.5. The summed E-state index contributed by atoms with van der Waals surface area (Å²) in [7, 11) is -6.27. The number of methoxy groups -OCH3 is 1. The molecule has 1 spiro atoms. The summed E-state index contributed by atoms with van der Waals surface area (Å²) in [5.74, 6) is -0.879. The number of nitrogens with one attached hydrogen (secondary N) is 3. The summed E-state index contributed by atoms with van der Waals surface area (Å²) in [4.78, 5) is 88.7. The predicted octanol–water partition coefficient (Wildman–Crippen LogP) is 15.1. The number of carbonyl (C=O) groups is 6. The third-order valence-electron chi connectivity index (χ3n) is 18.5. The van der Waals surface area contributed by atoms with Crippen molar-refractivity contribution in [1.29, 1.82) is 0 Å². The Morgan fingerprint density at radius 1 is 0.814 bits per heavy atom. The number of hydrogen-bond donors (Lipinski definition) is 3. The molecule has 2 aliphatic heterocycles. The van der Waals surface area contributed by atoms with Gasteiger partial charge in [0.15, 0.2) is 28.5 Å². The van der Waals surface area contributed by atoms with Crippen molar-refractivity contribution >= 4 is 107 Å². The number of unbranched alkanes of at least 4 members (excludes halogenated alkanes) is 1. The number of rotatable bonds is 25. The molecule has 6 amide bonds. The minimum Gasteiger partial charge on any atom is -0.540 e. The zero-order valence-corrected chi connectivity index (χ0v) is 59.8. The molecule has 0 aromatic heterocycles. The first-order chi connectivity index (χ1) is 39.7. The summed E-state index contributed by atoms with van der Waals surface area (Å²) in [6.07, 6.45) is 1.95. The minimum atomic E-state index is -2.68. The van der Waals surface area contributed by atoms with Crippen LogP contribution in [0.5, 0.6) is 11.5 Å². The molecule has 3 aliphatic rings. The molecule has 2 fully saturated rings. The van der Waals surface area contributed by atoms with Crippen LogP contribution in [-0.4, -0.2) is 132 Å². The van der Waals surface area contributed by atoms with E-state index >= 15 is 9.59 Å². The van der Waals surface area contributed by atoms with Crippen LogP contribution in [0, 0.1) is 11.3 Å². The number of amides is 6. The van der Waals surface area contributed by atoms with Crippen molar-refractivity contribution in [3.8, 4) is 11.5 Å². The van der Waals surface area contributed by atoms with E-state index in [-0.39, 0.29) is 64.2 Å². The van der Waals surface area contributed by atoms with E-state index in [1.165, 1.54) is 6.08 Å². The third kappa shape index (κ3) is 17.2. The van der Waals surface area contributed by atoms with E-state index in [0.717, 1.165) is 12.8 Å². The molecule has 2 heterocycles. The fourth-order valence-electron chi connectivity index (χ4n) is 11.4. The van der Waals surface area contributed by atoms with Gasteiger partial charge in [0.2, 0.25) is 15.6 Å². The van der Waals surface area contributed by atoms with Crippen LogP contribution in [0.4, 0.5) is 25.8 Å². The number of benzene rings is 2. The van der Waals surface area contributed by atoms with Crippen LogP contribution >= 0.6 is 34.8 Å². The van der Waals surface area contributed by atoms with Crippen molar-refractivity contribution < 1.29 is 56.6 Å².